The number of hydrogen-bond donors (Lipinski definition) is 1. The van der Waals surface area contributed by atoms with Crippen LogP contribution in [0.2, 0.25) is 0 Å². The van der Waals surface area contributed by atoms with Gasteiger partial charge in [0.05, 0.1) is 0 Å². The third kappa shape index (κ3) is 4.54. The highest BCUT2D eigenvalue weighted by Crippen LogP contribution is 2.16. The van der Waals surface area contributed by atoms with E-state index in [-0.39, 0.29) is 5.91 Å². The molecule has 0 saturated carbocycles. The molecule has 1 fully saturated rings. The molecule has 8 nitrogen and oxygen atoms in total. The lowest BCUT2D eigenvalue weighted by molar-refractivity contribution is -0.116. The third-order valence-corrected chi connectivity index (χ3v) is 5.37. The topological polar surface area (TPSA) is 78.7 Å². The quantitative estimate of drug-likeness (QED) is 0.691. The Labute approximate surface area is 170 Å². The molecule has 1 N–H and O–H groups in total. The Hall–Kier alpha value is -3.00. The molecule has 1 amide bonds. The van der Waals surface area contributed by atoms with Crippen LogP contribution in [0.4, 0.5) is 11.5 Å². The number of aryl methyl sites for hydroxylation is 2. The van der Waals surface area contributed by atoms with Gasteiger partial charge in [0.2, 0.25) is 5.91 Å². The van der Waals surface area contributed by atoms with Gasteiger partial charge in [-0.3, -0.25) is 4.79 Å². The van der Waals surface area contributed by atoms with E-state index >= 15 is 0 Å². The molecule has 1 aliphatic rings. The highest BCUT2D eigenvalue weighted by atomic mass is 16.1. The summed E-state index contributed by atoms with van der Waals surface area (Å²) in [6, 6.07) is 11.7. The normalized spacial score (nSPS) is 15.0. The summed E-state index contributed by atoms with van der Waals surface area (Å²) in [6.07, 6.45) is 0.814. The summed E-state index contributed by atoms with van der Waals surface area (Å²) in [5.41, 5.74) is 2.67. The summed E-state index contributed by atoms with van der Waals surface area (Å²) in [4.78, 5) is 17.0. The van der Waals surface area contributed by atoms with E-state index < -0.39 is 0 Å². The Morgan fingerprint density at radius 1 is 1.03 bits per heavy atom. The first kappa shape index (κ1) is 19.3. The first-order valence-electron chi connectivity index (χ1n) is 10.2. The lowest BCUT2D eigenvalue weighted by atomic mass is 10.2. The number of aromatic nitrogens is 4. The van der Waals surface area contributed by atoms with Gasteiger partial charge in [-0.25, -0.2) is 0 Å². The first-order chi connectivity index (χ1) is 14.1. The molecule has 3 heterocycles. The van der Waals surface area contributed by atoms with Crippen molar-refractivity contribution in [2.24, 2.45) is 0 Å². The van der Waals surface area contributed by atoms with Crippen LogP contribution in [0.25, 0.3) is 5.65 Å². The Bertz CT molecular complexity index is 974. The van der Waals surface area contributed by atoms with Gasteiger partial charge in [0, 0.05) is 44.7 Å². The SMILES string of the molecule is CCN1CCN(c2ccc3nnc(CCC(=O)Nc4ccc(C)cc4)n3n2)CC1. The van der Waals surface area contributed by atoms with Gasteiger partial charge in [-0.15, -0.1) is 15.3 Å². The van der Waals surface area contributed by atoms with E-state index in [2.05, 4.69) is 32.2 Å². The predicted molar refractivity (Wildman–Crippen MR) is 113 cm³/mol. The lowest BCUT2D eigenvalue weighted by Gasteiger charge is -2.34. The number of anilines is 2. The summed E-state index contributed by atoms with van der Waals surface area (Å²) in [6.45, 7) is 9.31. The molecule has 29 heavy (non-hydrogen) atoms. The maximum Gasteiger partial charge on any atom is 0.224 e. The van der Waals surface area contributed by atoms with Crippen molar-refractivity contribution in [2.75, 3.05) is 42.9 Å². The summed E-state index contributed by atoms with van der Waals surface area (Å²) in [7, 11) is 0. The Morgan fingerprint density at radius 3 is 2.52 bits per heavy atom. The maximum atomic E-state index is 12.3. The second-order valence-electron chi connectivity index (χ2n) is 7.41. The molecule has 0 atom stereocenters. The number of benzene rings is 1. The molecule has 0 aliphatic carbocycles. The van der Waals surface area contributed by atoms with Crippen LogP contribution in [-0.2, 0) is 11.2 Å². The number of hydrogen-bond acceptors (Lipinski definition) is 6. The van der Waals surface area contributed by atoms with Crippen molar-refractivity contribution >= 4 is 23.1 Å². The van der Waals surface area contributed by atoms with Crippen LogP contribution >= 0.6 is 0 Å². The number of likely N-dealkylation sites (N-methyl/N-ethyl adjacent to an activating group) is 1. The van der Waals surface area contributed by atoms with Crippen molar-refractivity contribution in [1.82, 2.24) is 24.7 Å². The highest BCUT2D eigenvalue weighted by Gasteiger charge is 2.18. The number of rotatable bonds is 6. The van der Waals surface area contributed by atoms with Crippen molar-refractivity contribution in [3.63, 3.8) is 0 Å². The average molecular weight is 393 g/mol. The van der Waals surface area contributed by atoms with E-state index in [9.17, 15) is 4.79 Å². The number of fused-ring (bicyclic) bond motifs is 1. The van der Waals surface area contributed by atoms with E-state index in [1.54, 1.807) is 4.52 Å². The van der Waals surface area contributed by atoms with E-state index in [1.165, 1.54) is 0 Å². The van der Waals surface area contributed by atoms with Crippen LogP contribution in [0.1, 0.15) is 24.7 Å². The van der Waals surface area contributed by atoms with Gasteiger partial charge in [-0.05, 0) is 37.7 Å². The number of carbonyl (C=O) groups is 1. The summed E-state index contributed by atoms with van der Waals surface area (Å²) >= 11 is 0. The van der Waals surface area contributed by atoms with Crippen molar-refractivity contribution in [3.8, 4) is 0 Å². The van der Waals surface area contributed by atoms with Gasteiger partial charge in [0.1, 0.15) is 5.82 Å². The predicted octanol–water partition coefficient (Wildman–Crippen LogP) is 2.15. The molecule has 0 unspecified atom stereocenters. The van der Waals surface area contributed by atoms with Gasteiger partial charge in [0.25, 0.3) is 0 Å². The molecule has 1 saturated heterocycles. The van der Waals surface area contributed by atoms with Gasteiger partial charge < -0.3 is 15.1 Å². The molecule has 1 aliphatic heterocycles. The van der Waals surface area contributed by atoms with E-state index in [0.29, 0.717) is 24.3 Å². The molecule has 152 valence electrons. The van der Waals surface area contributed by atoms with Crippen molar-refractivity contribution in [1.29, 1.82) is 0 Å². The molecule has 0 spiro atoms. The second-order valence-corrected chi connectivity index (χ2v) is 7.41. The fraction of sp³-hybridized carbons (Fsp3) is 0.429. The van der Waals surface area contributed by atoms with Gasteiger partial charge >= 0.3 is 0 Å². The Balaban J connectivity index is 1.41. The standard InChI is InChI=1S/C21H27N7O/c1-3-26-12-14-27(15-13-26)20-9-8-18-23-24-19(28(18)25-20)10-11-21(29)22-17-6-4-16(2)5-7-17/h4-9H,3,10-15H2,1-2H3,(H,22,29). The number of amides is 1. The van der Waals surface area contributed by atoms with Crippen LogP contribution in [-0.4, -0.2) is 63.3 Å². The van der Waals surface area contributed by atoms with Crippen LogP contribution in [0.3, 0.4) is 0 Å². The van der Waals surface area contributed by atoms with Gasteiger partial charge in [-0.1, -0.05) is 24.6 Å². The van der Waals surface area contributed by atoms with Crippen molar-refractivity contribution < 1.29 is 4.79 Å². The molecule has 3 aromatic rings. The van der Waals surface area contributed by atoms with E-state index in [1.807, 2.05) is 43.3 Å². The number of nitrogens with zero attached hydrogens (tertiary/aromatic N) is 6. The summed E-state index contributed by atoms with van der Waals surface area (Å²) in [5.74, 6) is 1.59. The van der Waals surface area contributed by atoms with Crippen LogP contribution in [0.5, 0.6) is 0 Å². The molecule has 0 bridgehead atoms. The average Bonchev–Trinajstić information content (AvgIpc) is 3.16. The fourth-order valence-corrected chi connectivity index (χ4v) is 3.53. The third-order valence-electron chi connectivity index (χ3n) is 5.37. The fourth-order valence-electron chi connectivity index (χ4n) is 3.53. The van der Waals surface area contributed by atoms with Crippen LogP contribution < -0.4 is 10.2 Å². The molecule has 2 aromatic heterocycles. The molecule has 0 radical (unpaired) electrons. The van der Waals surface area contributed by atoms with E-state index in [0.717, 1.165) is 49.8 Å². The minimum atomic E-state index is -0.0440. The maximum absolute atomic E-state index is 12.3. The van der Waals surface area contributed by atoms with Crippen LogP contribution in [0, 0.1) is 6.92 Å². The molecular weight excluding hydrogens is 366 g/mol. The number of carbonyl (C=O) groups excluding carboxylic acids is 1. The minimum Gasteiger partial charge on any atom is -0.353 e. The lowest BCUT2D eigenvalue weighted by Crippen LogP contribution is -2.46. The zero-order valence-electron chi connectivity index (χ0n) is 17.0. The second kappa shape index (κ2) is 8.57. The van der Waals surface area contributed by atoms with Crippen LogP contribution in [0.15, 0.2) is 36.4 Å². The van der Waals surface area contributed by atoms with Gasteiger partial charge in [0.15, 0.2) is 11.5 Å². The summed E-state index contributed by atoms with van der Waals surface area (Å²) < 4.78 is 1.76. The molecule has 8 heteroatoms. The summed E-state index contributed by atoms with van der Waals surface area (Å²) in [5, 5.41) is 16.1. The van der Waals surface area contributed by atoms with Gasteiger partial charge in [-0.2, -0.15) is 4.52 Å². The Kier molecular flexibility index (Phi) is 5.71. The van der Waals surface area contributed by atoms with E-state index in [4.69, 9.17) is 5.10 Å². The first-order valence-corrected chi connectivity index (χ1v) is 10.2. The Morgan fingerprint density at radius 2 is 1.79 bits per heavy atom. The zero-order chi connectivity index (χ0) is 20.2. The van der Waals surface area contributed by atoms with Crippen molar-refractivity contribution in [2.45, 2.75) is 26.7 Å². The molecule has 4 rings (SSSR count). The smallest absolute Gasteiger partial charge is 0.224 e. The number of nitrogens with one attached hydrogen (secondary N) is 1. The number of piperazine rings is 1. The van der Waals surface area contributed by atoms with Crippen molar-refractivity contribution in [3.05, 3.63) is 47.8 Å². The highest BCUT2D eigenvalue weighted by molar-refractivity contribution is 5.90. The monoisotopic (exact) mass is 393 g/mol. The molecular formula is C21H27N7O. The minimum absolute atomic E-state index is 0.0440. The largest absolute Gasteiger partial charge is 0.353 e. The molecule has 1 aromatic carbocycles. The zero-order valence-corrected chi connectivity index (χ0v) is 17.0.